The number of benzene rings is 1. The quantitative estimate of drug-likeness (QED) is 0.799. The molecule has 1 aromatic heterocycles. The van der Waals surface area contributed by atoms with Gasteiger partial charge in [0.1, 0.15) is 11.6 Å². The maximum absolute atomic E-state index is 6.19. The lowest BCUT2D eigenvalue weighted by Gasteiger charge is -2.08. The molecule has 0 atom stereocenters. The first-order valence-corrected chi connectivity index (χ1v) is 7.75. The lowest BCUT2D eigenvalue weighted by atomic mass is 10.3. The van der Waals surface area contributed by atoms with E-state index in [1.807, 2.05) is 37.3 Å². The number of nitrogens with zero attached hydrogens (tertiary/aromatic N) is 1. The first kappa shape index (κ1) is 15.0. The molecule has 0 unspecified atom stereocenters. The second kappa shape index (κ2) is 7.41. The van der Waals surface area contributed by atoms with Crippen LogP contribution in [0.3, 0.4) is 0 Å². The van der Waals surface area contributed by atoms with Crippen LogP contribution in [-0.4, -0.2) is 18.6 Å². The normalized spacial score (nSPS) is 10.3. The minimum absolute atomic E-state index is 0.696. The molecule has 0 aliphatic carbocycles. The predicted molar refractivity (Wildman–Crippen MR) is 86.0 cm³/mol. The largest absolute Gasteiger partial charge is 0.497 e. The summed E-state index contributed by atoms with van der Waals surface area (Å²) >= 11 is 7.88. The summed E-state index contributed by atoms with van der Waals surface area (Å²) in [5.74, 6) is 2.44. The molecule has 0 aliphatic heterocycles. The Kier molecular flexibility index (Phi) is 5.56. The molecule has 0 radical (unpaired) electrons. The number of hydrogen-bond acceptors (Lipinski definition) is 4. The molecule has 106 valence electrons. The molecule has 1 aromatic carbocycles. The Bertz CT molecular complexity index is 578. The topological polar surface area (TPSA) is 34.1 Å². The molecular formula is C15H17ClN2OS. The number of hydrogen-bond donors (Lipinski definition) is 1. The van der Waals surface area contributed by atoms with Gasteiger partial charge in [0.25, 0.3) is 0 Å². The van der Waals surface area contributed by atoms with Gasteiger partial charge in [0.15, 0.2) is 0 Å². The van der Waals surface area contributed by atoms with Gasteiger partial charge in [0.2, 0.25) is 0 Å². The van der Waals surface area contributed by atoms with E-state index in [-0.39, 0.29) is 0 Å². The van der Waals surface area contributed by atoms with Gasteiger partial charge in [-0.15, -0.1) is 11.8 Å². The molecule has 2 rings (SSSR count). The van der Waals surface area contributed by atoms with Crippen molar-refractivity contribution < 1.29 is 4.74 Å². The van der Waals surface area contributed by atoms with Gasteiger partial charge in [-0.2, -0.15) is 0 Å². The van der Waals surface area contributed by atoms with Crippen LogP contribution in [0.15, 0.2) is 41.3 Å². The van der Waals surface area contributed by atoms with Crippen molar-refractivity contribution in [2.45, 2.75) is 17.6 Å². The van der Waals surface area contributed by atoms with Crippen molar-refractivity contribution >= 4 is 29.2 Å². The molecule has 5 heteroatoms. The van der Waals surface area contributed by atoms with Crippen molar-refractivity contribution in [2.24, 2.45) is 0 Å². The lowest BCUT2D eigenvalue weighted by Crippen LogP contribution is -2.01. The molecule has 0 bridgehead atoms. The van der Waals surface area contributed by atoms with Gasteiger partial charge >= 0.3 is 0 Å². The van der Waals surface area contributed by atoms with Crippen LogP contribution in [-0.2, 0) is 5.75 Å². The zero-order valence-corrected chi connectivity index (χ0v) is 13.1. The van der Waals surface area contributed by atoms with E-state index in [2.05, 4.69) is 16.4 Å². The number of pyridine rings is 1. The molecule has 0 spiro atoms. The minimum Gasteiger partial charge on any atom is -0.497 e. The summed E-state index contributed by atoms with van der Waals surface area (Å²) in [5, 5.41) is 3.89. The molecule has 2 aromatic rings. The smallest absolute Gasteiger partial charge is 0.126 e. The summed E-state index contributed by atoms with van der Waals surface area (Å²) in [6.45, 7) is 2.89. The van der Waals surface area contributed by atoms with Crippen LogP contribution in [0.1, 0.15) is 12.6 Å². The molecule has 1 heterocycles. The van der Waals surface area contributed by atoms with Gasteiger partial charge in [-0.25, -0.2) is 4.98 Å². The Labute approximate surface area is 128 Å². The summed E-state index contributed by atoms with van der Waals surface area (Å²) in [6.07, 6.45) is 0. The van der Waals surface area contributed by atoms with Crippen LogP contribution < -0.4 is 10.1 Å². The SMILES string of the molecule is CCNc1ccc(Cl)c(CSc2cccc(OC)c2)n1. The number of anilines is 1. The molecule has 0 saturated carbocycles. The van der Waals surface area contributed by atoms with Crippen LogP contribution in [0.5, 0.6) is 5.75 Å². The van der Waals surface area contributed by atoms with Crippen molar-refractivity contribution in [3.8, 4) is 5.75 Å². The Balaban J connectivity index is 2.07. The van der Waals surface area contributed by atoms with E-state index in [4.69, 9.17) is 16.3 Å². The van der Waals surface area contributed by atoms with E-state index in [1.165, 1.54) is 0 Å². The van der Waals surface area contributed by atoms with E-state index in [0.717, 1.165) is 34.5 Å². The van der Waals surface area contributed by atoms with E-state index in [9.17, 15) is 0 Å². The summed E-state index contributed by atoms with van der Waals surface area (Å²) in [5.41, 5.74) is 0.887. The molecule has 1 N–H and O–H groups in total. The van der Waals surface area contributed by atoms with E-state index in [0.29, 0.717) is 5.02 Å². The first-order valence-electron chi connectivity index (χ1n) is 6.39. The van der Waals surface area contributed by atoms with Crippen molar-refractivity contribution in [1.29, 1.82) is 0 Å². The summed E-state index contributed by atoms with van der Waals surface area (Å²) < 4.78 is 5.22. The molecule has 0 aliphatic rings. The molecular weight excluding hydrogens is 292 g/mol. The number of rotatable bonds is 6. The Morgan fingerprint density at radius 3 is 2.90 bits per heavy atom. The summed E-state index contributed by atoms with van der Waals surface area (Å²) in [6, 6.07) is 11.7. The number of halogens is 1. The number of aromatic nitrogens is 1. The maximum Gasteiger partial charge on any atom is 0.126 e. The van der Waals surface area contributed by atoms with E-state index < -0.39 is 0 Å². The van der Waals surface area contributed by atoms with Crippen LogP contribution in [0, 0.1) is 0 Å². The van der Waals surface area contributed by atoms with Crippen LogP contribution in [0.25, 0.3) is 0 Å². The second-order valence-electron chi connectivity index (χ2n) is 4.12. The zero-order valence-electron chi connectivity index (χ0n) is 11.5. The molecule has 3 nitrogen and oxygen atoms in total. The van der Waals surface area contributed by atoms with Crippen molar-refractivity contribution in [1.82, 2.24) is 4.98 Å². The average Bonchev–Trinajstić information content (AvgIpc) is 2.48. The van der Waals surface area contributed by atoms with Crippen molar-refractivity contribution in [2.75, 3.05) is 19.0 Å². The van der Waals surface area contributed by atoms with Crippen LogP contribution in [0.4, 0.5) is 5.82 Å². The Hall–Kier alpha value is -1.39. The molecule has 0 saturated heterocycles. The number of thioether (sulfide) groups is 1. The third-order valence-electron chi connectivity index (χ3n) is 2.69. The fourth-order valence-electron chi connectivity index (χ4n) is 1.71. The average molecular weight is 309 g/mol. The van der Waals surface area contributed by atoms with Gasteiger partial charge in [-0.05, 0) is 37.3 Å². The Morgan fingerprint density at radius 2 is 2.15 bits per heavy atom. The highest BCUT2D eigenvalue weighted by atomic mass is 35.5. The van der Waals surface area contributed by atoms with E-state index >= 15 is 0 Å². The highest BCUT2D eigenvalue weighted by molar-refractivity contribution is 7.98. The third kappa shape index (κ3) is 4.05. The van der Waals surface area contributed by atoms with Crippen LogP contribution in [0.2, 0.25) is 5.02 Å². The van der Waals surface area contributed by atoms with Crippen molar-refractivity contribution in [3.63, 3.8) is 0 Å². The number of nitrogens with one attached hydrogen (secondary N) is 1. The maximum atomic E-state index is 6.19. The highest BCUT2D eigenvalue weighted by Crippen LogP contribution is 2.28. The summed E-state index contributed by atoms with van der Waals surface area (Å²) in [4.78, 5) is 5.66. The van der Waals surface area contributed by atoms with Gasteiger partial charge in [-0.1, -0.05) is 17.7 Å². The van der Waals surface area contributed by atoms with Gasteiger partial charge in [0, 0.05) is 17.2 Å². The monoisotopic (exact) mass is 308 g/mol. The third-order valence-corrected chi connectivity index (χ3v) is 4.04. The Morgan fingerprint density at radius 1 is 1.30 bits per heavy atom. The zero-order chi connectivity index (χ0) is 14.4. The fourth-order valence-corrected chi connectivity index (χ4v) is 2.86. The van der Waals surface area contributed by atoms with Gasteiger partial charge in [-0.3, -0.25) is 0 Å². The molecule has 0 amide bonds. The van der Waals surface area contributed by atoms with Gasteiger partial charge < -0.3 is 10.1 Å². The second-order valence-corrected chi connectivity index (χ2v) is 5.58. The first-order chi connectivity index (χ1) is 9.72. The number of methoxy groups -OCH3 is 1. The van der Waals surface area contributed by atoms with Crippen molar-refractivity contribution in [3.05, 3.63) is 47.1 Å². The minimum atomic E-state index is 0.696. The van der Waals surface area contributed by atoms with Gasteiger partial charge in [0.05, 0.1) is 17.8 Å². The number of ether oxygens (including phenoxy) is 1. The molecule has 20 heavy (non-hydrogen) atoms. The van der Waals surface area contributed by atoms with E-state index in [1.54, 1.807) is 18.9 Å². The van der Waals surface area contributed by atoms with Crippen LogP contribution >= 0.6 is 23.4 Å². The molecule has 0 fully saturated rings. The predicted octanol–water partition coefficient (Wildman–Crippen LogP) is 4.47. The lowest BCUT2D eigenvalue weighted by molar-refractivity contribution is 0.413. The summed E-state index contributed by atoms with van der Waals surface area (Å²) in [7, 11) is 1.67. The highest BCUT2D eigenvalue weighted by Gasteiger charge is 2.05. The standard InChI is InChI=1S/C15H17ClN2OS/c1-3-17-15-8-7-13(16)14(18-15)10-20-12-6-4-5-11(9-12)19-2/h4-9H,3,10H2,1-2H3,(H,17,18). The fraction of sp³-hybridized carbons (Fsp3) is 0.267.